The first-order valence-corrected chi connectivity index (χ1v) is 25.4. The van der Waals surface area contributed by atoms with Gasteiger partial charge in [-0.3, -0.25) is 19.2 Å². The summed E-state index contributed by atoms with van der Waals surface area (Å²) < 4.78 is 55.7. The van der Waals surface area contributed by atoms with E-state index in [-0.39, 0.29) is 44.4 Å². The maximum absolute atomic E-state index is 13.7. The van der Waals surface area contributed by atoms with E-state index >= 15 is 0 Å². The van der Waals surface area contributed by atoms with E-state index in [0.717, 1.165) is 32.1 Å². The van der Waals surface area contributed by atoms with E-state index in [9.17, 15) is 34.2 Å². The molecule has 3 heterocycles. The molecule has 2 N–H and O–H groups in total. The predicted octanol–water partition coefficient (Wildman–Crippen LogP) is 4.94. The summed E-state index contributed by atoms with van der Waals surface area (Å²) in [6.45, 7) is 15.2. The number of β-amino-alcohol motifs (C(OH)–C–C–N with tert-alkyl or cyclic N) is 1. The lowest BCUT2D eigenvalue weighted by Gasteiger charge is -2.50. The predicted molar refractivity (Wildman–Crippen MR) is 257 cm³/mol. The number of cyclic esters (lactones) is 1. The number of hydrogen-bond donors (Lipinski definition) is 2. The van der Waals surface area contributed by atoms with Gasteiger partial charge in [0.1, 0.15) is 30.7 Å². The van der Waals surface area contributed by atoms with Crippen molar-refractivity contribution >= 4 is 30.2 Å². The zero-order chi connectivity index (χ0) is 51.7. The number of aryl methyl sites for hydroxylation is 1. The Hall–Kier alpha value is -3.59. The topological polar surface area (TPSA) is 215 Å². The minimum Gasteiger partial charge on any atom is -0.463 e. The quantitative estimate of drug-likeness (QED) is 0.0862. The first kappa shape index (κ1) is 59.0. The van der Waals surface area contributed by atoms with Gasteiger partial charge < -0.3 is 67.4 Å². The molecule has 0 saturated carbocycles. The third-order valence-electron chi connectivity index (χ3n) is 13.9. The molecule has 3 fully saturated rings. The fraction of sp³-hybridized carbons (Fsp3) is 0.788. The highest BCUT2D eigenvalue weighted by atomic mass is 16.7. The molecule has 0 bridgehead atoms. The molecule has 16 atom stereocenters. The minimum absolute atomic E-state index is 0.00438. The van der Waals surface area contributed by atoms with Crippen molar-refractivity contribution in [2.45, 2.75) is 211 Å². The molecule has 3 aliphatic heterocycles. The third-order valence-corrected chi connectivity index (χ3v) is 13.9. The fourth-order valence-corrected chi connectivity index (χ4v) is 10.2. The molecule has 4 rings (SSSR count). The molecule has 3 aliphatic rings. The highest BCUT2D eigenvalue weighted by Crippen LogP contribution is 2.39. The van der Waals surface area contributed by atoms with Crippen molar-refractivity contribution in [3.05, 3.63) is 35.9 Å². The molecule has 5 unspecified atom stereocenters. The second kappa shape index (κ2) is 28.6. The van der Waals surface area contributed by atoms with Crippen LogP contribution in [0.4, 0.5) is 0 Å². The molecule has 0 spiro atoms. The van der Waals surface area contributed by atoms with Crippen LogP contribution >= 0.6 is 0 Å². The SMILES string of the molecule is CCC(=O)O[C@@H]1CC(=O)O[C@H](C)CCCN(CCCCc2ccccc2)C[C@H](O)[C@H](C)C[C@H](CC=O)[C@H](O[C@@H]2OC(C)[C@H](O[C@H]3CC(C)(OC(C)=O)[C@@H](OC(=O)CC)C(C)O3)C(N(C)C)C2O)[C@H]1OC. The molecule has 1 aromatic rings. The number of nitrogens with zero attached hydrogens (tertiary/aromatic N) is 2. The van der Waals surface area contributed by atoms with Crippen LogP contribution in [0.1, 0.15) is 125 Å². The molecule has 0 aliphatic carbocycles. The summed E-state index contributed by atoms with van der Waals surface area (Å²) in [6, 6.07) is 9.50. The standard InChI is InChI=1S/C52H84N2O16/c1-12-41(58)66-40-29-43(60)63-33(4)20-19-26-54(25-18-17-23-37-21-15-14-16-22-37)31-39(57)32(3)28-38(24-27-55)48(49(40)62-11)69-51-46(61)45(53(9)10)47(34(5)65-51)68-44-30-52(8,70-36(7)56)50(35(6)64-44)67-42(59)13-2/h14-16,21-22,27,32-35,38-40,44-51,57,61H,12-13,17-20,23-26,28-31H2,1-11H3/t32-,33-,34?,35?,38+,39+,40-,44+,45?,46?,47+,48+,49+,50+,51+,52?/m1/s1. The molecule has 1 aromatic carbocycles. The molecule has 18 nitrogen and oxygen atoms in total. The van der Waals surface area contributed by atoms with Crippen molar-refractivity contribution in [1.82, 2.24) is 9.80 Å². The second-order valence-corrected chi connectivity index (χ2v) is 19.9. The second-order valence-electron chi connectivity index (χ2n) is 19.9. The number of carbonyl (C=O) groups is 5. The first-order chi connectivity index (χ1) is 33.2. The van der Waals surface area contributed by atoms with Gasteiger partial charge in [-0.15, -0.1) is 0 Å². The van der Waals surface area contributed by atoms with Crippen LogP contribution in [0.2, 0.25) is 0 Å². The largest absolute Gasteiger partial charge is 0.463 e. The Morgan fingerprint density at radius 1 is 0.929 bits per heavy atom. The van der Waals surface area contributed by atoms with Crippen molar-refractivity contribution in [3.63, 3.8) is 0 Å². The van der Waals surface area contributed by atoms with Gasteiger partial charge in [-0.2, -0.15) is 0 Å². The molecule has 18 heteroatoms. The van der Waals surface area contributed by atoms with Gasteiger partial charge in [0.15, 0.2) is 24.3 Å². The van der Waals surface area contributed by atoms with Gasteiger partial charge in [0.2, 0.25) is 0 Å². The van der Waals surface area contributed by atoms with Crippen LogP contribution in [-0.4, -0.2) is 176 Å². The van der Waals surface area contributed by atoms with Crippen molar-refractivity contribution in [2.24, 2.45) is 11.8 Å². The Kier molecular flexibility index (Phi) is 24.1. The highest BCUT2D eigenvalue weighted by molar-refractivity contribution is 5.73. The fourth-order valence-electron chi connectivity index (χ4n) is 10.2. The van der Waals surface area contributed by atoms with Crippen molar-refractivity contribution in [2.75, 3.05) is 40.8 Å². The average Bonchev–Trinajstić information content (AvgIpc) is 3.29. The van der Waals surface area contributed by atoms with Crippen LogP contribution in [0.3, 0.4) is 0 Å². The van der Waals surface area contributed by atoms with E-state index in [1.54, 1.807) is 53.6 Å². The molecule has 0 aromatic heterocycles. The number of unbranched alkanes of at least 4 members (excludes halogenated alkanes) is 1. The lowest BCUT2D eigenvalue weighted by molar-refractivity contribution is -0.344. The molecule has 0 amide bonds. The molecular formula is C52H84N2O16. The normalized spacial score (nSPS) is 35.3. The number of aliphatic hydroxyl groups is 2. The van der Waals surface area contributed by atoms with E-state index < -0.39 is 115 Å². The lowest BCUT2D eigenvalue weighted by atomic mass is 9.82. The summed E-state index contributed by atoms with van der Waals surface area (Å²) in [6.07, 6.45) is -7.31. The highest BCUT2D eigenvalue weighted by Gasteiger charge is 2.54. The Labute approximate surface area is 415 Å². The number of benzene rings is 1. The molecule has 3 saturated heterocycles. The minimum atomic E-state index is -1.43. The van der Waals surface area contributed by atoms with Crippen LogP contribution in [0, 0.1) is 11.8 Å². The van der Waals surface area contributed by atoms with Crippen LogP contribution in [0.5, 0.6) is 0 Å². The number of hydrogen-bond acceptors (Lipinski definition) is 18. The Balaban J connectivity index is 1.66. The van der Waals surface area contributed by atoms with Crippen molar-refractivity contribution in [3.8, 4) is 0 Å². The number of rotatable bonds is 18. The Bertz CT molecular complexity index is 1770. The maximum Gasteiger partial charge on any atom is 0.309 e. The molecular weight excluding hydrogens is 909 g/mol. The summed E-state index contributed by atoms with van der Waals surface area (Å²) in [7, 11) is 4.91. The number of methoxy groups -OCH3 is 1. The third kappa shape index (κ3) is 17.3. The zero-order valence-electron chi connectivity index (χ0n) is 43.5. The van der Waals surface area contributed by atoms with Gasteiger partial charge in [0.05, 0.1) is 43.0 Å². The van der Waals surface area contributed by atoms with Crippen LogP contribution in [0.25, 0.3) is 0 Å². The lowest BCUT2D eigenvalue weighted by Crippen LogP contribution is -2.66. The van der Waals surface area contributed by atoms with Crippen LogP contribution < -0.4 is 0 Å². The maximum atomic E-state index is 13.7. The number of aldehydes is 1. The van der Waals surface area contributed by atoms with Gasteiger partial charge >= 0.3 is 23.9 Å². The van der Waals surface area contributed by atoms with E-state index in [2.05, 4.69) is 17.0 Å². The van der Waals surface area contributed by atoms with Crippen molar-refractivity contribution < 1.29 is 76.8 Å². The summed E-state index contributed by atoms with van der Waals surface area (Å²) in [5.41, 5.74) is -0.0538. The smallest absolute Gasteiger partial charge is 0.309 e. The summed E-state index contributed by atoms with van der Waals surface area (Å²) in [4.78, 5) is 68.3. The van der Waals surface area contributed by atoms with Crippen LogP contribution in [0.15, 0.2) is 30.3 Å². The van der Waals surface area contributed by atoms with Crippen LogP contribution in [-0.2, 0) is 73.0 Å². The van der Waals surface area contributed by atoms with E-state index in [0.29, 0.717) is 25.9 Å². The zero-order valence-corrected chi connectivity index (χ0v) is 43.5. The Morgan fingerprint density at radius 2 is 1.61 bits per heavy atom. The average molecular weight is 993 g/mol. The number of esters is 4. The number of ether oxygens (including phenoxy) is 9. The van der Waals surface area contributed by atoms with Gasteiger partial charge in [0.25, 0.3) is 0 Å². The summed E-state index contributed by atoms with van der Waals surface area (Å²) in [5, 5.41) is 24.3. The van der Waals surface area contributed by atoms with Gasteiger partial charge in [0, 0.05) is 46.3 Å². The number of aliphatic hydroxyl groups excluding tert-OH is 2. The van der Waals surface area contributed by atoms with Gasteiger partial charge in [-0.25, -0.2) is 0 Å². The first-order valence-electron chi connectivity index (χ1n) is 25.4. The molecule has 398 valence electrons. The van der Waals surface area contributed by atoms with E-state index in [4.69, 9.17) is 42.6 Å². The number of carbonyl (C=O) groups excluding carboxylic acids is 5. The van der Waals surface area contributed by atoms with Gasteiger partial charge in [-0.05, 0) is 111 Å². The summed E-state index contributed by atoms with van der Waals surface area (Å²) >= 11 is 0. The van der Waals surface area contributed by atoms with E-state index in [1.165, 1.54) is 19.6 Å². The van der Waals surface area contributed by atoms with Crippen molar-refractivity contribution in [1.29, 1.82) is 0 Å². The monoisotopic (exact) mass is 993 g/mol. The number of likely N-dealkylation sites (N-methyl/N-ethyl adjacent to an activating group) is 1. The van der Waals surface area contributed by atoms with Gasteiger partial charge in [-0.1, -0.05) is 51.1 Å². The molecule has 0 radical (unpaired) electrons. The van der Waals surface area contributed by atoms with E-state index in [1.807, 2.05) is 32.0 Å². The molecule has 70 heavy (non-hydrogen) atoms. The summed E-state index contributed by atoms with van der Waals surface area (Å²) in [5.74, 6) is -3.37. The Morgan fingerprint density at radius 3 is 2.24 bits per heavy atom.